The lowest BCUT2D eigenvalue weighted by Gasteiger charge is -2.17. The minimum atomic E-state index is -0.224. The van der Waals surface area contributed by atoms with Crippen LogP contribution in [0.25, 0.3) is 0 Å². The van der Waals surface area contributed by atoms with Crippen LogP contribution in [0.3, 0.4) is 0 Å². The van der Waals surface area contributed by atoms with Crippen molar-refractivity contribution >= 4 is 5.91 Å². The quantitative estimate of drug-likeness (QED) is 0.921. The van der Waals surface area contributed by atoms with E-state index < -0.39 is 0 Å². The number of aromatic nitrogens is 1. The summed E-state index contributed by atoms with van der Waals surface area (Å²) in [5.74, 6) is -0.264. The first-order valence-electron chi connectivity index (χ1n) is 5.98. The van der Waals surface area contributed by atoms with E-state index in [1.807, 2.05) is 18.2 Å². The van der Waals surface area contributed by atoms with Crippen molar-refractivity contribution in [2.45, 2.75) is 6.54 Å². The Labute approximate surface area is 116 Å². The SMILES string of the molecule is CN(Cc1ccc(C#N)cc1)C(=O)c1cncc(O)c1. The van der Waals surface area contributed by atoms with E-state index in [2.05, 4.69) is 4.98 Å². The summed E-state index contributed by atoms with van der Waals surface area (Å²) in [6.45, 7) is 0.417. The number of nitrogens with zero attached hydrogens (tertiary/aromatic N) is 3. The van der Waals surface area contributed by atoms with Crippen molar-refractivity contribution in [3.8, 4) is 11.8 Å². The zero-order valence-electron chi connectivity index (χ0n) is 10.9. The van der Waals surface area contributed by atoms with Crippen molar-refractivity contribution in [1.29, 1.82) is 5.26 Å². The van der Waals surface area contributed by atoms with Crippen LogP contribution in [0.15, 0.2) is 42.7 Å². The Morgan fingerprint density at radius 3 is 2.65 bits per heavy atom. The molecule has 1 heterocycles. The lowest BCUT2D eigenvalue weighted by molar-refractivity contribution is 0.0784. The molecule has 0 atom stereocenters. The Kier molecular flexibility index (Phi) is 3.96. The summed E-state index contributed by atoms with van der Waals surface area (Å²) in [6, 6.07) is 10.5. The third-order valence-electron chi connectivity index (χ3n) is 2.82. The van der Waals surface area contributed by atoms with Crippen LogP contribution in [0.1, 0.15) is 21.5 Å². The monoisotopic (exact) mass is 267 g/mol. The largest absolute Gasteiger partial charge is 0.506 e. The summed E-state index contributed by atoms with van der Waals surface area (Å²) < 4.78 is 0. The molecule has 0 bridgehead atoms. The number of aromatic hydroxyl groups is 1. The molecule has 2 rings (SSSR count). The topological polar surface area (TPSA) is 77.2 Å². The summed E-state index contributed by atoms with van der Waals surface area (Å²) in [5.41, 5.74) is 1.84. The number of benzene rings is 1. The first-order valence-corrected chi connectivity index (χ1v) is 5.98. The van der Waals surface area contributed by atoms with Gasteiger partial charge in [0.2, 0.25) is 0 Å². The molecular weight excluding hydrogens is 254 g/mol. The van der Waals surface area contributed by atoms with Gasteiger partial charge in [0, 0.05) is 19.8 Å². The van der Waals surface area contributed by atoms with Gasteiger partial charge in [0.05, 0.1) is 23.4 Å². The molecular formula is C15H13N3O2. The summed E-state index contributed by atoms with van der Waals surface area (Å²) in [4.78, 5) is 17.5. The number of carbonyl (C=O) groups excluding carboxylic acids is 1. The van der Waals surface area contributed by atoms with Gasteiger partial charge in [-0.1, -0.05) is 12.1 Å². The van der Waals surface area contributed by atoms with Gasteiger partial charge in [-0.15, -0.1) is 0 Å². The van der Waals surface area contributed by atoms with Gasteiger partial charge in [0.25, 0.3) is 5.91 Å². The molecule has 0 aliphatic carbocycles. The van der Waals surface area contributed by atoms with Gasteiger partial charge in [-0.25, -0.2) is 0 Å². The van der Waals surface area contributed by atoms with Gasteiger partial charge in [-0.2, -0.15) is 5.26 Å². The van der Waals surface area contributed by atoms with Crippen molar-refractivity contribution in [3.63, 3.8) is 0 Å². The molecule has 0 radical (unpaired) electrons. The van der Waals surface area contributed by atoms with Crippen molar-refractivity contribution < 1.29 is 9.90 Å². The summed E-state index contributed by atoms with van der Waals surface area (Å²) in [5, 5.41) is 18.1. The number of pyridine rings is 1. The van der Waals surface area contributed by atoms with E-state index >= 15 is 0 Å². The highest BCUT2D eigenvalue weighted by atomic mass is 16.3. The second-order valence-corrected chi connectivity index (χ2v) is 4.40. The van der Waals surface area contributed by atoms with Crippen LogP contribution >= 0.6 is 0 Å². The fourth-order valence-corrected chi connectivity index (χ4v) is 1.80. The van der Waals surface area contributed by atoms with Crippen LogP contribution in [0.4, 0.5) is 0 Å². The zero-order valence-corrected chi connectivity index (χ0v) is 10.9. The van der Waals surface area contributed by atoms with Gasteiger partial charge in [0.1, 0.15) is 5.75 Å². The minimum absolute atomic E-state index is 0.0392. The molecule has 1 aromatic heterocycles. The van der Waals surface area contributed by atoms with Gasteiger partial charge >= 0.3 is 0 Å². The first-order chi connectivity index (χ1) is 9.60. The maximum atomic E-state index is 12.1. The molecule has 20 heavy (non-hydrogen) atoms. The number of hydrogen-bond acceptors (Lipinski definition) is 4. The number of rotatable bonds is 3. The van der Waals surface area contributed by atoms with Crippen molar-refractivity contribution in [2.24, 2.45) is 0 Å². The third kappa shape index (κ3) is 3.12. The average Bonchev–Trinajstić information content (AvgIpc) is 2.47. The Bertz CT molecular complexity index is 660. The highest BCUT2D eigenvalue weighted by Crippen LogP contribution is 2.12. The van der Waals surface area contributed by atoms with Gasteiger partial charge in [-0.3, -0.25) is 9.78 Å². The number of amides is 1. The molecule has 0 saturated heterocycles. The van der Waals surface area contributed by atoms with E-state index in [0.717, 1.165) is 5.56 Å². The molecule has 5 heteroatoms. The molecule has 0 saturated carbocycles. The fourth-order valence-electron chi connectivity index (χ4n) is 1.80. The van der Waals surface area contributed by atoms with Gasteiger partial charge < -0.3 is 10.0 Å². The van der Waals surface area contributed by atoms with Crippen LogP contribution in [-0.4, -0.2) is 27.9 Å². The van der Waals surface area contributed by atoms with E-state index in [-0.39, 0.29) is 11.7 Å². The fraction of sp³-hybridized carbons (Fsp3) is 0.133. The van der Waals surface area contributed by atoms with Crippen LogP contribution in [-0.2, 0) is 6.54 Å². The van der Waals surface area contributed by atoms with Gasteiger partial charge in [-0.05, 0) is 23.8 Å². The zero-order chi connectivity index (χ0) is 14.5. The Morgan fingerprint density at radius 1 is 1.35 bits per heavy atom. The predicted molar refractivity (Wildman–Crippen MR) is 72.9 cm³/mol. The Hall–Kier alpha value is -2.87. The summed E-state index contributed by atoms with van der Waals surface area (Å²) in [7, 11) is 1.67. The van der Waals surface area contributed by atoms with Gasteiger partial charge in [0.15, 0.2) is 0 Å². The highest BCUT2D eigenvalue weighted by Gasteiger charge is 2.13. The highest BCUT2D eigenvalue weighted by molar-refractivity contribution is 5.94. The van der Waals surface area contributed by atoms with Crippen LogP contribution in [0.5, 0.6) is 5.75 Å². The van der Waals surface area contributed by atoms with Crippen LogP contribution < -0.4 is 0 Å². The third-order valence-corrected chi connectivity index (χ3v) is 2.82. The average molecular weight is 267 g/mol. The molecule has 0 unspecified atom stereocenters. The van der Waals surface area contributed by atoms with Crippen molar-refractivity contribution in [2.75, 3.05) is 7.05 Å². The van der Waals surface area contributed by atoms with Crippen LogP contribution in [0, 0.1) is 11.3 Å². The van der Waals surface area contributed by atoms with Crippen LogP contribution in [0.2, 0.25) is 0 Å². The molecule has 1 aromatic carbocycles. The molecule has 0 spiro atoms. The first kappa shape index (κ1) is 13.6. The Morgan fingerprint density at radius 2 is 2.05 bits per heavy atom. The lowest BCUT2D eigenvalue weighted by atomic mass is 10.1. The lowest BCUT2D eigenvalue weighted by Crippen LogP contribution is -2.26. The maximum absolute atomic E-state index is 12.1. The summed E-state index contributed by atoms with van der Waals surface area (Å²) >= 11 is 0. The molecule has 1 N–H and O–H groups in total. The molecule has 5 nitrogen and oxygen atoms in total. The van der Waals surface area contributed by atoms with E-state index in [0.29, 0.717) is 17.7 Å². The second-order valence-electron chi connectivity index (χ2n) is 4.40. The predicted octanol–water partition coefficient (Wildman–Crippen LogP) is 1.93. The number of nitriles is 1. The van der Waals surface area contributed by atoms with E-state index in [1.54, 1.807) is 19.2 Å². The standard InChI is InChI=1S/C15H13N3O2/c1-18(10-12-4-2-11(7-16)3-5-12)15(20)13-6-14(19)9-17-8-13/h2-6,8-9,19H,10H2,1H3. The van der Waals surface area contributed by atoms with Crippen molar-refractivity contribution in [1.82, 2.24) is 9.88 Å². The van der Waals surface area contributed by atoms with E-state index in [9.17, 15) is 9.90 Å². The minimum Gasteiger partial charge on any atom is -0.506 e. The number of carbonyl (C=O) groups is 1. The molecule has 100 valence electrons. The Balaban J connectivity index is 2.09. The molecule has 0 fully saturated rings. The van der Waals surface area contributed by atoms with Crippen molar-refractivity contribution in [3.05, 3.63) is 59.4 Å². The second kappa shape index (κ2) is 5.85. The normalized spacial score (nSPS) is 9.80. The molecule has 2 aromatic rings. The van der Waals surface area contributed by atoms with E-state index in [4.69, 9.17) is 5.26 Å². The van der Waals surface area contributed by atoms with E-state index in [1.165, 1.54) is 23.4 Å². The smallest absolute Gasteiger partial charge is 0.255 e. The molecule has 1 amide bonds. The summed E-state index contributed by atoms with van der Waals surface area (Å²) in [6.07, 6.45) is 2.69. The molecule has 0 aliphatic rings. The number of hydrogen-bond donors (Lipinski definition) is 1. The molecule has 0 aliphatic heterocycles. The maximum Gasteiger partial charge on any atom is 0.255 e.